The highest BCUT2D eigenvalue weighted by molar-refractivity contribution is 5.65. The molecule has 0 aromatic heterocycles. The number of benzene rings is 2. The summed E-state index contributed by atoms with van der Waals surface area (Å²) in [6, 6.07) is 8.72. The SMILES string of the molecule is CCC1CC[C@@H]2C[C@H](c3ccc(-c4ccc(OC(F)F)c(F)c4)c(F)c3)CC[C@@H]2C1. The molecule has 4 rings (SSSR count). The standard InChI is InChI=1S/C25H28F4O/c1-2-15-3-4-17-12-18(6-5-16(17)11-15)19-7-9-21(22(26)13-19)20-8-10-24(23(27)14-20)30-25(28)29/h7-10,13-18,25H,2-6,11-12H2,1H3/t15?,16-,17-,18-/m1/s1. The van der Waals surface area contributed by atoms with Gasteiger partial charge in [-0.3, -0.25) is 0 Å². The number of rotatable bonds is 5. The van der Waals surface area contributed by atoms with Crippen LogP contribution in [0.4, 0.5) is 17.6 Å². The van der Waals surface area contributed by atoms with Gasteiger partial charge >= 0.3 is 6.61 Å². The molecule has 0 aliphatic heterocycles. The van der Waals surface area contributed by atoms with Crippen LogP contribution in [0.3, 0.4) is 0 Å². The first kappa shape index (κ1) is 21.2. The third-order valence-electron chi connectivity index (χ3n) is 7.22. The van der Waals surface area contributed by atoms with Crippen LogP contribution >= 0.6 is 0 Å². The third kappa shape index (κ3) is 4.50. The summed E-state index contributed by atoms with van der Waals surface area (Å²) in [6.07, 6.45) is 8.64. The van der Waals surface area contributed by atoms with Gasteiger partial charge in [-0.1, -0.05) is 38.0 Å². The van der Waals surface area contributed by atoms with Crippen LogP contribution in [0.1, 0.15) is 63.4 Å². The first-order valence-electron chi connectivity index (χ1n) is 11.0. The Hall–Kier alpha value is -2.04. The molecule has 2 aromatic carbocycles. The van der Waals surface area contributed by atoms with Crippen molar-refractivity contribution in [2.45, 2.75) is 64.4 Å². The molecule has 0 amide bonds. The molecule has 2 fully saturated rings. The van der Waals surface area contributed by atoms with E-state index in [2.05, 4.69) is 11.7 Å². The maximum atomic E-state index is 14.9. The van der Waals surface area contributed by atoms with Crippen LogP contribution in [0.15, 0.2) is 36.4 Å². The molecule has 4 atom stereocenters. The molecule has 2 aromatic rings. The molecular formula is C25H28F4O. The molecule has 30 heavy (non-hydrogen) atoms. The van der Waals surface area contributed by atoms with Crippen molar-refractivity contribution in [1.29, 1.82) is 0 Å². The summed E-state index contributed by atoms with van der Waals surface area (Å²) in [5, 5.41) is 0. The largest absolute Gasteiger partial charge is 0.432 e. The van der Waals surface area contributed by atoms with Crippen molar-refractivity contribution in [3.8, 4) is 16.9 Å². The van der Waals surface area contributed by atoms with Crippen molar-refractivity contribution in [2.24, 2.45) is 17.8 Å². The molecule has 2 aliphatic rings. The molecule has 0 heterocycles. The number of fused-ring (bicyclic) bond motifs is 1. The Kier molecular flexibility index (Phi) is 6.35. The van der Waals surface area contributed by atoms with E-state index in [4.69, 9.17) is 0 Å². The first-order valence-corrected chi connectivity index (χ1v) is 11.0. The van der Waals surface area contributed by atoms with E-state index in [1.165, 1.54) is 38.2 Å². The highest BCUT2D eigenvalue weighted by Gasteiger charge is 2.35. The van der Waals surface area contributed by atoms with Crippen molar-refractivity contribution >= 4 is 0 Å². The highest BCUT2D eigenvalue weighted by atomic mass is 19.3. The van der Waals surface area contributed by atoms with Crippen molar-refractivity contribution in [2.75, 3.05) is 0 Å². The van der Waals surface area contributed by atoms with Gasteiger partial charge in [0.05, 0.1) is 0 Å². The van der Waals surface area contributed by atoms with Gasteiger partial charge in [0, 0.05) is 5.56 Å². The first-order chi connectivity index (χ1) is 14.4. The van der Waals surface area contributed by atoms with E-state index in [0.29, 0.717) is 11.5 Å². The molecule has 0 spiro atoms. The summed E-state index contributed by atoms with van der Waals surface area (Å²) >= 11 is 0. The number of halogens is 4. The van der Waals surface area contributed by atoms with Crippen molar-refractivity contribution in [3.63, 3.8) is 0 Å². The van der Waals surface area contributed by atoms with Gasteiger partial charge in [-0.15, -0.1) is 0 Å². The predicted molar refractivity (Wildman–Crippen MR) is 110 cm³/mol. The maximum absolute atomic E-state index is 14.9. The van der Waals surface area contributed by atoms with Gasteiger partial charge in [-0.25, -0.2) is 8.78 Å². The van der Waals surface area contributed by atoms with E-state index < -0.39 is 24.0 Å². The molecule has 2 aliphatic carbocycles. The van der Waals surface area contributed by atoms with E-state index in [0.717, 1.165) is 48.3 Å². The number of ether oxygens (including phenoxy) is 1. The van der Waals surface area contributed by atoms with Crippen LogP contribution in [0.2, 0.25) is 0 Å². The molecular weight excluding hydrogens is 392 g/mol. The lowest BCUT2D eigenvalue weighted by atomic mass is 9.63. The summed E-state index contributed by atoms with van der Waals surface area (Å²) in [6.45, 7) is -0.819. The summed E-state index contributed by atoms with van der Waals surface area (Å²) in [4.78, 5) is 0. The maximum Gasteiger partial charge on any atom is 0.387 e. The van der Waals surface area contributed by atoms with Crippen LogP contribution < -0.4 is 4.74 Å². The van der Waals surface area contributed by atoms with Gasteiger partial charge in [-0.05, 0) is 85.1 Å². The molecule has 1 unspecified atom stereocenters. The Morgan fingerprint density at radius 1 is 0.900 bits per heavy atom. The summed E-state index contributed by atoms with van der Waals surface area (Å²) < 4.78 is 57.6. The van der Waals surface area contributed by atoms with Crippen molar-refractivity contribution < 1.29 is 22.3 Å². The summed E-state index contributed by atoms with van der Waals surface area (Å²) in [5.74, 6) is 0.916. The van der Waals surface area contributed by atoms with Gasteiger partial charge < -0.3 is 4.74 Å². The molecule has 0 radical (unpaired) electrons. The molecule has 5 heteroatoms. The van der Waals surface area contributed by atoms with E-state index in [1.807, 2.05) is 6.07 Å². The zero-order valence-corrected chi connectivity index (χ0v) is 17.2. The average Bonchev–Trinajstić information content (AvgIpc) is 2.74. The van der Waals surface area contributed by atoms with Crippen LogP contribution in [-0.4, -0.2) is 6.61 Å². The minimum absolute atomic E-state index is 0.262. The van der Waals surface area contributed by atoms with E-state index in [-0.39, 0.29) is 5.56 Å². The lowest BCUT2D eigenvalue weighted by Gasteiger charge is -2.42. The zero-order chi connectivity index (χ0) is 21.3. The van der Waals surface area contributed by atoms with Gasteiger partial charge in [0.2, 0.25) is 0 Å². The van der Waals surface area contributed by atoms with Gasteiger partial charge in [0.25, 0.3) is 0 Å². The summed E-state index contributed by atoms with van der Waals surface area (Å²) in [5.41, 5.74) is 1.57. The van der Waals surface area contributed by atoms with E-state index in [1.54, 1.807) is 12.1 Å². The quantitative estimate of drug-likeness (QED) is 0.446. The number of hydrogen-bond acceptors (Lipinski definition) is 1. The van der Waals surface area contributed by atoms with Crippen LogP contribution in [0.25, 0.3) is 11.1 Å². The molecule has 0 saturated heterocycles. The van der Waals surface area contributed by atoms with E-state index in [9.17, 15) is 17.6 Å². The minimum atomic E-state index is -3.10. The monoisotopic (exact) mass is 420 g/mol. The normalized spacial score (nSPS) is 26.5. The zero-order valence-electron chi connectivity index (χ0n) is 17.2. The minimum Gasteiger partial charge on any atom is -0.432 e. The topological polar surface area (TPSA) is 9.23 Å². The summed E-state index contributed by atoms with van der Waals surface area (Å²) in [7, 11) is 0. The number of hydrogen-bond donors (Lipinski definition) is 0. The lowest BCUT2D eigenvalue weighted by molar-refractivity contribution is -0.0521. The molecule has 0 bridgehead atoms. The van der Waals surface area contributed by atoms with Crippen LogP contribution in [-0.2, 0) is 0 Å². The molecule has 2 saturated carbocycles. The Morgan fingerprint density at radius 2 is 1.67 bits per heavy atom. The van der Waals surface area contributed by atoms with Gasteiger partial charge in [0.1, 0.15) is 5.82 Å². The van der Waals surface area contributed by atoms with Gasteiger partial charge in [0.15, 0.2) is 11.6 Å². The molecule has 1 nitrogen and oxygen atoms in total. The van der Waals surface area contributed by atoms with Gasteiger partial charge in [-0.2, -0.15) is 8.78 Å². The lowest BCUT2D eigenvalue weighted by Crippen LogP contribution is -2.30. The Bertz CT molecular complexity index is 881. The number of alkyl halides is 2. The second-order valence-corrected chi connectivity index (χ2v) is 8.88. The third-order valence-corrected chi connectivity index (χ3v) is 7.22. The second-order valence-electron chi connectivity index (χ2n) is 8.88. The Balaban J connectivity index is 1.48. The second kappa shape index (κ2) is 8.99. The Labute approximate surface area is 175 Å². The van der Waals surface area contributed by atoms with E-state index >= 15 is 0 Å². The Morgan fingerprint density at radius 3 is 2.37 bits per heavy atom. The predicted octanol–water partition coefficient (Wildman–Crippen LogP) is 7.94. The highest BCUT2D eigenvalue weighted by Crippen LogP contribution is 2.48. The fraction of sp³-hybridized carbons (Fsp3) is 0.520. The molecule has 162 valence electrons. The fourth-order valence-electron chi connectivity index (χ4n) is 5.54. The van der Waals surface area contributed by atoms with Crippen molar-refractivity contribution in [1.82, 2.24) is 0 Å². The fourth-order valence-corrected chi connectivity index (χ4v) is 5.54. The van der Waals surface area contributed by atoms with Crippen LogP contribution in [0.5, 0.6) is 5.75 Å². The average molecular weight is 420 g/mol. The molecule has 0 N–H and O–H groups in total. The van der Waals surface area contributed by atoms with Crippen molar-refractivity contribution in [3.05, 3.63) is 53.6 Å². The van der Waals surface area contributed by atoms with Crippen LogP contribution in [0, 0.1) is 29.4 Å². The smallest absolute Gasteiger partial charge is 0.387 e.